The number of allylic oxidation sites excluding steroid dienone is 1. The number of aromatic nitrogens is 2. The number of hydrogen-bond donors (Lipinski definition) is 1. The first-order valence-corrected chi connectivity index (χ1v) is 5.75. The Hall–Kier alpha value is -1.29. The molecule has 1 heterocycles. The molecule has 0 aromatic carbocycles. The number of hydrogen-bond acceptors (Lipinski definition) is 3. The van der Waals surface area contributed by atoms with E-state index in [0.29, 0.717) is 0 Å². The van der Waals surface area contributed by atoms with E-state index in [2.05, 4.69) is 12.0 Å². The van der Waals surface area contributed by atoms with Gasteiger partial charge in [0.1, 0.15) is 5.69 Å². The minimum absolute atomic E-state index is 0.325. The highest BCUT2D eigenvalue weighted by atomic mass is 16.5. The summed E-state index contributed by atoms with van der Waals surface area (Å²) in [6, 6.07) is 0. The van der Waals surface area contributed by atoms with E-state index in [-0.39, 0.29) is 6.10 Å². The number of aliphatic hydroxyl groups is 1. The lowest BCUT2D eigenvalue weighted by Gasteiger charge is -2.18. The zero-order chi connectivity index (χ0) is 11.5. The number of ether oxygens (including phenoxy) is 1. The molecule has 88 valence electrons. The molecule has 1 aliphatic carbocycles. The van der Waals surface area contributed by atoms with Gasteiger partial charge in [-0.15, -0.1) is 0 Å². The van der Waals surface area contributed by atoms with Crippen molar-refractivity contribution in [3.05, 3.63) is 18.0 Å². The van der Waals surface area contributed by atoms with Gasteiger partial charge in [0, 0.05) is 6.54 Å². The van der Waals surface area contributed by atoms with Crippen molar-refractivity contribution in [1.29, 1.82) is 0 Å². The van der Waals surface area contributed by atoms with E-state index < -0.39 is 0 Å². The molecule has 0 fully saturated rings. The van der Waals surface area contributed by atoms with Gasteiger partial charge in [-0.2, -0.15) is 5.10 Å². The topological polar surface area (TPSA) is 47.3 Å². The van der Waals surface area contributed by atoms with Crippen LogP contribution in [0.15, 0.2) is 12.3 Å². The Bertz CT molecular complexity index is 374. The van der Waals surface area contributed by atoms with Crippen LogP contribution in [0, 0.1) is 0 Å². The molecule has 1 aliphatic rings. The summed E-state index contributed by atoms with van der Waals surface area (Å²) < 4.78 is 7.23. The van der Waals surface area contributed by atoms with Crippen molar-refractivity contribution in [2.45, 2.75) is 38.8 Å². The molecular weight excluding hydrogens is 204 g/mol. The number of aryl methyl sites for hydroxylation is 1. The molecule has 0 saturated heterocycles. The van der Waals surface area contributed by atoms with Gasteiger partial charge >= 0.3 is 0 Å². The highest BCUT2D eigenvalue weighted by Crippen LogP contribution is 2.32. The minimum atomic E-state index is -0.325. The SMILES string of the molecule is CCn1ncc(OC)c1C1=CC(O)CCC1. The molecule has 4 heteroatoms. The fourth-order valence-electron chi connectivity index (χ4n) is 2.18. The van der Waals surface area contributed by atoms with Gasteiger partial charge in [0.15, 0.2) is 5.75 Å². The summed E-state index contributed by atoms with van der Waals surface area (Å²) in [6.45, 7) is 2.86. The van der Waals surface area contributed by atoms with Crippen molar-refractivity contribution in [1.82, 2.24) is 9.78 Å². The zero-order valence-corrected chi connectivity index (χ0v) is 9.81. The Morgan fingerprint density at radius 1 is 1.62 bits per heavy atom. The first kappa shape index (κ1) is 11.2. The summed E-state index contributed by atoms with van der Waals surface area (Å²) in [5.41, 5.74) is 2.17. The van der Waals surface area contributed by atoms with Crippen LogP contribution in [0.4, 0.5) is 0 Å². The van der Waals surface area contributed by atoms with E-state index in [1.807, 2.05) is 10.8 Å². The zero-order valence-electron chi connectivity index (χ0n) is 9.81. The molecule has 0 spiro atoms. The van der Waals surface area contributed by atoms with Crippen molar-refractivity contribution in [2.75, 3.05) is 7.11 Å². The molecule has 1 unspecified atom stereocenters. The second kappa shape index (κ2) is 4.70. The summed E-state index contributed by atoms with van der Waals surface area (Å²) in [5.74, 6) is 0.794. The lowest BCUT2D eigenvalue weighted by molar-refractivity contribution is 0.206. The van der Waals surface area contributed by atoms with Crippen LogP contribution in [-0.4, -0.2) is 28.1 Å². The molecule has 0 radical (unpaired) electrons. The summed E-state index contributed by atoms with van der Waals surface area (Å²) >= 11 is 0. The van der Waals surface area contributed by atoms with Gasteiger partial charge in [0.05, 0.1) is 19.4 Å². The van der Waals surface area contributed by atoms with Crippen LogP contribution in [0.25, 0.3) is 5.57 Å². The highest BCUT2D eigenvalue weighted by molar-refractivity contribution is 5.68. The third-order valence-corrected chi connectivity index (χ3v) is 2.97. The van der Waals surface area contributed by atoms with E-state index in [1.54, 1.807) is 13.3 Å². The molecule has 0 aliphatic heterocycles. The third kappa shape index (κ3) is 1.97. The predicted molar refractivity (Wildman–Crippen MR) is 62.3 cm³/mol. The van der Waals surface area contributed by atoms with Crippen molar-refractivity contribution in [3.8, 4) is 5.75 Å². The third-order valence-electron chi connectivity index (χ3n) is 2.97. The molecule has 2 rings (SSSR count). The molecule has 1 aromatic heterocycles. The van der Waals surface area contributed by atoms with Gasteiger partial charge in [-0.25, -0.2) is 0 Å². The van der Waals surface area contributed by atoms with Gasteiger partial charge in [0.25, 0.3) is 0 Å². The smallest absolute Gasteiger partial charge is 0.164 e. The number of methoxy groups -OCH3 is 1. The Morgan fingerprint density at radius 2 is 2.44 bits per heavy atom. The Kier molecular flexibility index (Phi) is 3.29. The van der Waals surface area contributed by atoms with Crippen LogP contribution in [0.1, 0.15) is 31.9 Å². The van der Waals surface area contributed by atoms with E-state index in [0.717, 1.165) is 42.8 Å². The summed E-state index contributed by atoms with van der Waals surface area (Å²) in [7, 11) is 1.65. The van der Waals surface area contributed by atoms with Gasteiger partial charge in [-0.1, -0.05) is 6.08 Å². The normalized spacial score (nSPS) is 20.7. The average molecular weight is 222 g/mol. The molecular formula is C12H18N2O2. The van der Waals surface area contributed by atoms with Crippen LogP contribution in [0.5, 0.6) is 5.75 Å². The number of aliphatic hydroxyl groups excluding tert-OH is 1. The highest BCUT2D eigenvalue weighted by Gasteiger charge is 2.19. The fourth-order valence-corrected chi connectivity index (χ4v) is 2.18. The Labute approximate surface area is 95.5 Å². The van der Waals surface area contributed by atoms with Crippen molar-refractivity contribution in [3.63, 3.8) is 0 Å². The quantitative estimate of drug-likeness (QED) is 0.848. The fraction of sp³-hybridized carbons (Fsp3) is 0.583. The van der Waals surface area contributed by atoms with Crippen molar-refractivity contribution in [2.24, 2.45) is 0 Å². The maximum atomic E-state index is 9.66. The maximum Gasteiger partial charge on any atom is 0.164 e. The van der Waals surface area contributed by atoms with Crippen LogP contribution in [0.2, 0.25) is 0 Å². The monoisotopic (exact) mass is 222 g/mol. The van der Waals surface area contributed by atoms with Crippen LogP contribution in [0.3, 0.4) is 0 Å². The van der Waals surface area contributed by atoms with E-state index in [9.17, 15) is 5.11 Å². The summed E-state index contributed by atoms with van der Waals surface area (Å²) in [4.78, 5) is 0. The number of nitrogens with zero attached hydrogens (tertiary/aromatic N) is 2. The molecule has 1 atom stereocenters. The first-order valence-electron chi connectivity index (χ1n) is 5.75. The Morgan fingerprint density at radius 3 is 3.06 bits per heavy atom. The van der Waals surface area contributed by atoms with Gasteiger partial charge < -0.3 is 9.84 Å². The second-order valence-electron chi connectivity index (χ2n) is 4.03. The van der Waals surface area contributed by atoms with E-state index in [1.165, 1.54) is 0 Å². The molecule has 1 aromatic rings. The van der Waals surface area contributed by atoms with Crippen molar-refractivity contribution < 1.29 is 9.84 Å². The van der Waals surface area contributed by atoms with Gasteiger partial charge in [-0.05, 0) is 31.8 Å². The standard InChI is InChI=1S/C12H18N2O2/c1-3-14-12(11(16-2)8-13-14)9-5-4-6-10(15)7-9/h7-8,10,15H,3-6H2,1-2H3. The lowest BCUT2D eigenvalue weighted by Crippen LogP contribution is -2.11. The first-order chi connectivity index (χ1) is 7.76. The van der Waals surface area contributed by atoms with Crippen LogP contribution >= 0.6 is 0 Å². The number of rotatable bonds is 3. The van der Waals surface area contributed by atoms with Gasteiger partial charge in [-0.3, -0.25) is 4.68 Å². The van der Waals surface area contributed by atoms with E-state index in [4.69, 9.17) is 4.74 Å². The van der Waals surface area contributed by atoms with Crippen molar-refractivity contribution >= 4 is 5.57 Å². The molecule has 4 nitrogen and oxygen atoms in total. The van der Waals surface area contributed by atoms with Gasteiger partial charge in [0.2, 0.25) is 0 Å². The summed E-state index contributed by atoms with van der Waals surface area (Å²) in [5, 5.41) is 13.9. The molecule has 16 heavy (non-hydrogen) atoms. The van der Waals surface area contributed by atoms with Crippen LogP contribution < -0.4 is 4.74 Å². The Balaban J connectivity index is 2.41. The minimum Gasteiger partial charge on any atom is -0.493 e. The molecule has 0 saturated carbocycles. The molecule has 0 amide bonds. The molecule has 0 bridgehead atoms. The second-order valence-corrected chi connectivity index (χ2v) is 4.03. The maximum absolute atomic E-state index is 9.66. The van der Waals surface area contributed by atoms with E-state index >= 15 is 0 Å². The lowest BCUT2D eigenvalue weighted by atomic mass is 9.95. The largest absolute Gasteiger partial charge is 0.493 e. The average Bonchev–Trinajstić information content (AvgIpc) is 2.71. The van der Waals surface area contributed by atoms with Crippen LogP contribution in [-0.2, 0) is 6.54 Å². The molecule has 1 N–H and O–H groups in total. The summed E-state index contributed by atoms with van der Waals surface area (Å²) in [6.07, 6.45) is 6.19. The predicted octanol–water partition coefficient (Wildman–Crippen LogP) is 1.84.